The van der Waals surface area contributed by atoms with Crippen LogP contribution in [-0.4, -0.2) is 77.2 Å². The van der Waals surface area contributed by atoms with Crippen molar-refractivity contribution < 1.29 is 14.2 Å². The number of aromatic nitrogens is 2. The fourth-order valence-corrected chi connectivity index (χ4v) is 4.61. The van der Waals surface area contributed by atoms with Crippen molar-refractivity contribution in [1.82, 2.24) is 19.6 Å². The highest BCUT2D eigenvalue weighted by Gasteiger charge is 2.21. The van der Waals surface area contributed by atoms with E-state index in [1.807, 2.05) is 0 Å². The van der Waals surface area contributed by atoms with Crippen molar-refractivity contribution in [3.05, 3.63) is 75.8 Å². The van der Waals surface area contributed by atoms with Gasteiger partial charge in [0, 0.05) is 44.4 Å². The Balaban J connectivity index is 1.28. The van der Waals surface area contributed by atoms with Gasteiger partial charge in [-0.2, -0.15) is 9.78 Å². The number of benzene rings is 2. The zero-order valence-corrected chi connectivity index (χ0v) is 19.3. The largest absolute Gasteiger partial charge is 0.491 e. The lowest BCUT2D eigenvalue weighted by atomic mass is 9.89. The third-order valence-electron chi connectivity index (χ3n) is 6.59. The molecule has 178 valence electrons. The van der Waals surface area contributed by atoms with Gasteiger partial charge >= 0.3 is 0 Å². The topological polar surface area (TPSA) is 70.8 Å². The van der Waals surface area contributed by atoms with Crippen molar-refractivity contribution in [2.45, 2.75) is 18.9 Å². The molecule has 3 aromatic rings. The first kappa shape index (κ1) is 22.7. The van der Waals surface area contributed by atoms with Crippen LogP contribution in [0, 0.1) is 5.82 Å². The lowest BCUT2D eigenvalue weighted by Crippen LogP contribution is -2.47. The van der Waals surface area contributed by atoms with Gasteiger partial charge in [0.25, 0.3) is 5.56 Å². The second-order valence-corrected chi connectivity index (χ2v) is 9.13. The molecule has 2 aromatic carbocycles. The number of hydrogen-bond acceptors (Lipinski definition) is 6. The minimum Gasteiger partial charge on any atom is -0.491 e. The van der Waals surface area contributed by atoms with E-state index in [1.165, 1.54) is 16.8 Å². The lowest BCUT2D eigenvalue weighted by molar-refractivity contribution is 0.0505. The highest BCUT2D eigenvalue weighted by atomic mass is 19.1. The summed E-state index contributed by atoms with van der Waals surface area (Å²) in [5.74, 6) is 0.294. The predicted octanol–water partition coefficient (Wildman–Crippen LogP) is 2.12. The van der Waals surface area contributed by atoms with Crippen LogP contribution in [0.4, 0.5) is 4.39 Å². The molecule has 1 saturated heterocycles. The number of hydrogen-bond donors (Lipinski definition) is 1. The number of ether oxygens (including phenoxy) is 1. The van der Waals surface area contributed by atoms with Crippen molar-refractivity contribution in [3.8, 4) is 22.7 Å². The number of nitrogens with zero attached hydrogens (tertiary/aromatic N) is 4. The Bertz CT molecular complexity index is 1220. The molecular formula is C26H29FN4O3. The number of fused-ring (bicyclic) bond motifs is 3. The molecule has 0 amide bonds. The highest BCUT2D eigenvalue weighted by Crippen LogP contribution is 2.31. The zero-order chi connectivity index (χ0) is 23.7. The van der Waals surface area contributed by atoms with Crippen molar-refractivity contribution in [2.24, 2.45) is 0 Å². The number of piperazine rings is 1. The molecule has 7 nitrogen and oxygen atoms in total. The standard InChI is InChI=1S/C26H29FN4O3/c1-29-10-12-30(13-11-29)16-22(32)17-34-23-8-6-21(7-9-23)31-25(33)14-19-3-2-18-4-5-20(27)15-24(18)26(19)28-31/h4-9,14-15,22,32H,2-3,10-13,16-17H2,1H3. The molecule has 1 aliphatic carbocycles. The molecule has 0 saturated carbocycles. The van der Waals surface area contributed by atoms with Crippen LogP contribution in [0.25, 0.3) is 16.9 Å². The average molecular weight is 465 g/mol. The van der Waals surface area contributed by atoms with Gasteiger partial charge in [0.2, 0.25) is 0 Å². The molecule has 2 heterocycles. The quantitative estimate of drug-likeness (QED) is 0.603. The zero-order valence-electron chi connectivity index (χ0n) is 19.3. The van der Waals surface area contributed by atoms with E-state index in [0.29, 0.717) is 30.1 Å². The van der Waals surface area contributed by atoms with E-state index < -0.39 is 6.10 Å². The Morgan fingerprint density at radius 3 is 2.53 bits per heavy atom. The molecule has 0 spiro atoms. The Hall–Kier alpha value is -3.07. The molecule has 1 unspecified atom stereocenters. The van der Waals surface area contributed by atoms with Gasteiger partial charge in [0.15, 0.2) is 0 Å². The Labute approximate surface area is 198 Å². The molecule has 34 heavy (non-hydrogen) atoms. The van der Waals surface area contributed by atoms with Crippen LogP contribution in [0.5, 0.6) is 5.75 Å². The maximum atomic E-state index is 13.9. The number of aliphatic hydroxyl groups is 1. The van der Waals surface area contributed by atoms with Crippen LogP contribution in [0.1, 0.15) is 11.1 Å². The van der Waals surface area contributed by atoms with Gasteiger partial charge in [-0.1, -0.05) is 6.07 Å². The third-order valence-corrected chi connectivity index (χ3v) is 6.59. The second kappa shape index (κ2) is 9.66. The average Bonchev–Trinajstić information content (AvgIpc) is 2.84. The summed E-state index contributed by atoms with van der Waals surface area (Å²) < 4.78 is 21.0. The molecule has 1 atom stereocenters. The van der Waals surface area contributed by atoms with Crippen LogP contribution < -0.4 is 10.3 Å². The van der Waals surface area contributed by atoms with Gasteiger partial charge in [-0.25, -0.2) is 4.39 Å². The van der Waals surface area contributed by atoms with E-state index in [0.717, 1.165) is 49.3 Å². The maximum absolute atomic E-state index is 13.9. The number of likely N-dealkylation sites (N-methyl/N-ethyl adjacent to an activating group) is 1. The van der Waals surface area contributed by atoms with Gasteiger partial charge in [-0.3, -0.25) is 9.69 Å². The van der Waals surface area contributed by atoms with Gasteiger partial charge in [0.05, 0.1) is 11.4 Å². The molecule has 8 heteroatoms. The smallest absolute Gasteiger partial charge is 0.271 e. The molecule has 1 aliphatic heterocycles. The Morgan fingerprint density at radius 2 is 1.76 bits per heavy atom. The number of rotatable bonds is 6. The van der Waals surface area contributed by atoms with Crippen LogP contribution >= 0.6 is 0 Å². The minimum absolute atomic E-state index is 0.199. The van der Waals surface area contributed by atoms with Gasteiger partial charge in [-0.15, -0.1) is 0 Å². The van der Waals surface area contributed by atoms with Crippen LogP contribution in [0.2, 0.25) is 0 Å². The first-order valence-electron chi connectivity index (χ1n) is 11.7. The van der Waals surface area contributed by atoms with Crippen molar-refractivity contribution >= 4 is 0 Å². The summed E-state index contributed by atoms with van der Waals surface area (Å²) in [4.78, 5) is 17.3. The summed E-state index contributed by atoms with van der Waals surface area (Å²) >= 11 is 0. The molecule has 1 fully saturated rings. The van der Waals surface area contributed by atoms with Gasteiger partial charge in [-0.05, 0) is 67.4 Å². The van der Waals surface area contributed by atoms with E-state index in [9.17, 15) is 14.3 Å². The first-order chi connectivity index (χ1) is 16.5. The van der Waals surface area contributed by atoms with Crippen LogP contribution in [-0.2, 0) is 12.8 Å². The number of β-amino-alcohol motifs (C(OH)–C–C–N with tert-alkyl or cyclic N) is 1. The lowest BCUT2D eigenvalue weighted by Gasteiger charge is -2.33. The van der Waals surface area contributed by atoms with Crippen molar-refractivity contribution in [2.75, 3.05) is 46.4 Å². The number of aryl methyl sites for hydroxylation is 2. The minimum atomic E-state index is -0.575. The van der Waals surface area contributed by atoms with Crippen molar-refractivity contribution in [1.29, 1.82) is 0 Å². The van der Waals surface area contributed by atoms with Crippen LogP contribution in [0.15, 0.2) is 53.3 Å². The molecule has 0 bridgehead atoms. The first-order valence-corrected chi connectivity index (χ1v) is 11.7. The van der Waals surface area contributed by atoms with E-state index in [-0.39, 0.29) is 18.0 Å². The summed E-state index contributed by atoms with van der Waals surface area (Å²) in [6.07, 6.45) is 0.897. The fourth-order valence-electron chi connectivity index (χ4n) is 4.61. The Kier molecular flexibility index (Phi) is 6.45. The maximum Gasteiger partial charge on any atom is 0.271 e. The third kappa shape index (κ3) is 4.89. The summed E-state index contributed by atoms with van der Waals surface area (Å²) in [5.41, 5.74) is 3.63. The monoisotopic (exact) mass is 464 g/mol. The summed E-state index contributed by atoms with van der Waals surface area (Å²) in [7, 11) is 2.10. The van der Waals surface area contributed by atoms with Gasteiger partial charge < -0.3 is 14.7 Å². The molecule has 5 rings (SSSR count). The van der Waals surface area contributed by atoms with E-state index >= 15 is 0 Å². The van der Waals surface area contributed by atoms with E-state index in [2.05, 4.69) is 21.9 Å². The molecular weight excluding hydrogens is 435 g/mol. The molecule has 2 aliphatic rings. The van der Waals surface area contributed by atoms with Crippen molar-refractivity contribution in [3.63, 3.8) is 0 Å². The van der Waals surface area contributed by atoms with Crippen LogP contribution in [0.3, 0.4) is 0 Å². The van der Waals surface area contributed by atoms with E-state index in [1.54, 1.807) is 36.4 Å². The molecule has 1 aromatic heterocycles. The molecule has 0 radical (unpaired) electrons. The SMILES string of the molecule is CN1CCN(CC(O)COc2ccc(-n3nc4c(cc3=O)CCc3ccc(F)cc3-4)cc2)CC1. The second-order valence-electron chi connectivity index (χ2n) is 9.13. The number of halogens is 1. The summed E-state index contributed by atoms with van der Waals surface area (Å²) in [5, 5.41) is 14.9. The fraction of sp³-hybridized carbons (Fsp3) is 0.385. The van der Waals surface area contributed by atoms with E-state index in [4.69, 9.17) is 4.74 Å². The summed E-state index contributed by atoms with van der Waals surface area (Å²) in [6.45, 7) is 4.69. The molecule has 1 N–H and O–H groups in total. The normalized spacial score (nSPS) is 17.1. The van der Waals surface area contributed by atoms with Gasteiger partial charge in [0.1, 0.15) is 24.3 Å². The predicted molar refractivity (Wildman–Crippen MR) is 128 cm³/mol. The highest BCUT2D eigenvalue weighted by molar-refractivity contribution is 5.69. The Morgan fingerprint density at radius 1 is 1.03 bits per heavy atom. The summed E-state index contributed by atoms with van der Waals surface area (Å²) in [6, 6.07) is 13.4. The number of aliphatic hydroxyl groups excluding tert-OH is 1.